The van der Waals surface area contributed by atoms with Crippen molar-refractivity contribution in [1.29, 1.82) is 0 Å². The van der Waals surface area contributed by atoms with E-state index in [1.54, 1.807) is 0 Å². The SMILES string of the molecule is CCOC1CC(NCCCO)C12CCC2. The summed E-state index contributed by atoms with van der Waals surface area (Å²) in [5, 5.41) is 12.3. The molecular formula is C12H23NO2. The van der Waals surface area contributed by atoms with Gasteiger partial charge in [0.25, 0.3) is 0 Å². The number of ether oxygens (including phenoxy) is 1. The highest BCUT2D eigenvalue weighted by molar-refractivity contribution is 5.11. The maximum atomic E-state index is 8.74. The number of hydrogen-bond acceptors (Lipinski definition) is 3. The Bertz CT molecular complexity index is 202. The fourth-order valence-corrected chi connectivity index (χ4v) is 3.08. The molecule has 1 spiro atoms. The predicted molar refractivity (Wildman–Crippen MR) is 59.8 cm³/mol. The number of nitrogens with one attached hydrogen (secondary N) is 1. The monoisotopic (exact) mass is 213 g/mol. The van der Waals surface area contributed by atoms with Crippen LogP contribution in [0.3, 0.4) is 0 Å². The van der Waals surface area contributed by atoms with Gasteiger partial charge in [-0.25, -0.2) is 0 Å². The zero-order chi connectivity index (χ0) is 10.7. The van der Waals surface area contributed by atoms with E-state index in [1.807, 2.05) is 0 Å². The molecule has 88 valence electrons. The lowest BCUT2D eigenvalue weighted by molar-refractivity contribution is -0.172. The molecule has 2 fully saturated rings. The molecular weight excluding hydrogens is 190 g/mol. The van der Waals surface area contributed by atoms with Gasteiger partial charge in [0, 0.05) is 24.7 Å². The molecule has 2 N–H and O–H groups in total. The molecule has 3 heteroatoms. The third kappa shape index (κ3) is 1.93. The van der Waals surface area contributed by atoms with Crippen molar-refractivity contribution >= 4 is 0 Å². The van der Waals surface area contributed by atoms with E-state index in [2.05, 4.69) is 12.2 Å². The lowest BCUT2D eigenvalue weighted by atomic mass is 9.51. The highest BCUT2D eigenvalue weighted by Gasteiger charge is 2.58. The van der Waals surface area contributed by atoms with Crippen molar-refractivity contribution in [2.75, 3.05) is 19.8 Å². The van der Waals surface area contributed by atoms with Crippen LogP contribution in [0.15, 0.2) is 0 Å². The van der Waals surface area contributed by atoms with Crippen LogP contribution in [0.2, 0.25) is 0 Å². The van der Waals surface area contributed by atoms with Crippen molar-refractivity contribution in [3.63, 3.8) is 0 Å². The van der Waals surface area contributed by atoms with Gasteiger partial charge in [-0.05, 0) is 39.2 Å². The second-order valence-corrected chi connectivity index (χ2v) is 4.85. The molecule has 0 radical (unpaired) electrons. The quantitative estimate of drug-likeness (QED) is 0.654. The lowest BCUT2D eigenvalue weighted by Crippen LogP contribution is -2.66. The van der Waals surface area contributed by atoms with Crippen LogP contribution in [0.1, 0.15) is 39.0 Å². The van der Waals surface area contributed by atoms with Crippen LogP contribution in [-0.2, 0) is 4.74 Å². The Morgan fingerprint density at radius 1 is 1.47 bits per heavy atom. The smallest absolute Gasteiger partial charge is 0.0661 e. The molecule has 0 saturated heterocycles. The van der Waals surface area contributed by atoms with E-state index in [-0.39, 0.29) is 0 Å². The summed E-state index contributed by atoms with van der Waals surface area (Å²) in [4.78, 5) is 0. The molecule has 0 amide bonds. The van der Waals surface area contributed by atoms with E-state index in [4.69, 9.17) is 9.84 Å². The third-order valence-corrected chi connectivity index (χ3v) is 4.16. The normalized spacial score (nSPS) is 32.4. The van der Waals surface area contributed by atoms with Crippen LogP contribution >= 0.6 is 0 Å². The Morgan fingerprint density at radius 2 is 2.27 bits per heavy atom. The van der Waals surface area contributed by atoms with Gasteiger partial charge in [-0.1, -0.05) is 6.42 Å². The van der Waals surface area contributed by atoms with Crippen molar-refractivity contribution in [2.24, 2.45) is 5.41 Å². The van der Waals surface area contributed by atoms with E-state index in [1.165, 1.54) is 25.7 Å². The third-order valence-electron chi connectivity index (χ3n) is 4.16. The standard InChI is InChI=1S/C12H23NO2/c1-2-15-11-9-10(13-7-4-8-14)12(11)5-3-6-12/h10-11,13-14H,2-9H2,1H3. The van der Waals surface area contributed by atoms with E-state index < -0.39 is 0 Å². The van der Waals surface area contributed by atoms with Gasteiger partial charge in [0.2, 0.25) is 0 Å². The van der Waals surface area contributed by atoms with E-state index in [9.17, 15) is 0 Å². The second kappa shape index (κ2) is 4.81. The summed E-state index contributed by atoms with van der Waals surface area (Å²) >= 11 is 0. The van der Waals surface area contributed by atoms with Crippen LogP contribution in [0.5, 0.6) is 0 Å². The first-order valence-corrected chi connectivity index (χ1v) is 6.29. The van der Waals surface area contributed by atoms with E-state index >= 15 is 0 Å². The Kier molecular flexibility index (Phi) is 3.65. The van der Waals surface area contributed by atoms with Crippen LogP contribution in [0, 0.1) is 5.41 Å². The summed E-state index contributed by atoms with van der Waals surface area (Å²) in [6.45, 7) is 4.16. The maximum absolute atomic E-state index is 8.74. The molecule has 0 aromatic heterocycles. The highest BCUT2D eigenvalue weighted by atomic mass is 16.5. The minimum absolute atomic E-state index is 0.293. The molecule has 0 heterocycles. The summed E-state index contributed by atoms with van der Waals surface area (Å²) in [6, 6.07) is 0.648. The first kappa shape index (κ1) is 11.4. The number of hydrogen-bond donors (Lipinski definition) is 2. The largest absolute Gasteiger partial charge is 0.396 e. The van der Waals surface area contributed by atoms with Crippen molar-refractivity contribution in [2.45, 2.75) is 51.2 Å². The zero-order valence-corrected chi connectivity index (χ0v) is 9.67. The van der Waals surface area contributed by atoms with Crippen molar-refractivity contribution in [3.05, 3.63) is 0 Å². The molecule has 2 unspecified atom stereocenters. The van der Waals surface area contributed by atoms with Crippen molar-refractivity contribution < 1.29 is 9.84 Å². The minimum atomic E-state index is 0.293. The van der Waals surface area contributed by atoms with Crippen LogP contribution in [-0.4, -0.2) is 37.0 Å². The summed E-state index contributed by atoms with van der Waals surface area (Å²) < 4.78 is 5.78. The Morgan fingerprint density at radius 3 is 2.80 bits per heavy atom. The van der Waals surface area contributed by atoms with Gasteiger partial charge in [0.1, 0.15) is 0 Å². The van der Waals surface area contributed by atoms with Gasteiger partial charge in [0.15, 0.2) is 0 Å². The Balaban J connectivity index is 1.77. The summed E-state index contributed by atoms with van der Waals surface area (Å²) in [5.74, 6) is 0. The highest BCUT2D eigenvalue weighted by Crippen LogP contribution is 2.57. The van der Waals surface area contributed by atoms with Gasteiger partial charge < -0.3 is 15.2 Å². The molecule has 0 aliphatic heterocycles. The van der Waals surface area contributed by atoms with Gasteiger partial charge in [-0.15, -0.1) is 0 Å². The molecule has 0 bridgehead atoms. The predicted octanol–water partition coefficient (Wildman–Crippen LogP) is 1.31. The molecule has 3 nitrogen and oxygen atoms in total. The van der Waals surface area contributed by atoms with Crippen LogP contribution in [0.25, 0.3) is 0 Å². The lowest BCUT2D eigenvalue weighted by Gasteiger charge is -2.61. The average molecular weight is 213 g/mol. The molecule has 2 rings (SSSR count). The molecule has 2 aliphatic carbocycles. The summed E-state index contributed by atoms with van der Waals surface area (Å²) in [6.07, 6.45) is 6.55. The molecule has 0 aromatic carbocycles. The fraction of sp³-hybridized carbons (Fsp3) is 1.00. The first-order chi connectivity index (χ1) is 7.33. The summed E-state index contributed by atoms with van der Waals surface area (Å²) in [7, 11) is 0. The van der Waals surface area contributed by atoms with Crippen LogP contribution in [0.4, 0.5) is 0 Å². The van der Waals surface area contributed by atoms with Gasteiger partial charge in [-0.3, -0.25) is 0 Å². The van der Waals surface area contributed by atoms with E-state index in [0.717, 1.165) is 19.6 Å². The van der Waals surface area contributed by atoms with Gasteiger partial charge in [-0.2, -0.15) is 0 Å². The molecule has 2 saturated carbocycles. The minimum Gasteiger partial charge on any atom is -0.396 e. The fourth-order valence-electron chi connectivity index (χ4n) is 3.08. The topological polar surface area (TPSA) is 41.5 Å². The van der Waals surface area contributed by atoms with Gasteiger partial charge in [0.05, 0.1) is 6.10 Å². The number of aliphatic hydroxyl groups excluding tert-OH is 1. The summed E-state index contributed by atoms with van der Waals surface area (Å²) in [5.41, 5.74) is 0.464. The molecule has 2 aliphatic rings. The Hall–Kier alpha value is -0.120. The second-order valence-electron chi connectivity index (χ2n) is 4.85. The number of rotatable bonds is 6. The number of aliphatic hydroxyl groups is 1. The molecule has 2 atom stereocenters. The van der Waals surface area contributed by atoms with Crippen molar-refractivity contribution in [3.8, 4) is 0 Å². The van der Waals surface area contributed by atoms with E-state index in [0.29, 0.717) is 24.2 Å². The molecule has 15 heavy (non-hydrogen) atoms. The maximum Gasteiger partial charge on any atom is 0.0661 e. The average Bonchev–Trinajstić information content (AvgIpc) is 2.12. The van der Waals surface area contributed by atoms with Crippen molar-refractivity contribution in [1.82, 2.24) is 5.32 Å². The zero-order valence-electron chi connectivity index (χ0n) is 9.67. The first-order valence-electron chi connectivity index (χ1n) is 6.29. The van der Waals surface area contributed by atoms with Crippen LogP contribution < -0.4 is 5.32 Å². The Labute approximate surface area is 92.2 Å². The molecule has 0 aromatic rings. The van der Waals surface area contributed by atoms with Gasteiger partial charge >= 0.3 is 0 Å².